The van der Waals surface area contributed by atoms with Gasteiger partial charge in [0.15, 0.2) is 5.89 Å². The fourth-order valence-electron chi connectivity index (χ4n) is 2.54. The normalized spacial score (nSPS) is 19.6. The monoisotopic (exact) mass is 286 g/mol. The van der Waals surface area contributed by atoms with Gasteiger partial charge in [-0.2, -0.15) is 0 Å². The standard InChI is InChI=1S/C15H24F2N2O/c1-11(2)9-18-8-5-14-19-10-13(20-14)12-3-6-15(16,17)7-4-12/h10-12,18H,3-9H2,1-2H3. The second-order valence-corrected chi connectivity index (χ2v) is 6.13. The van der Waals surface area contributed by atoms with Gasteiger partial charge in [-0.1, -0.05) is 13.8 Å². The number of rotatable bonds is 6. The Balaban J connectivity index is 1.77. The molecule has 0 saturated heterocycles. The zero-order valence-electron chi connectivity index (χ0n) is 12.3. The Morgan fingerprint density at radius 2 is 2.10 bits per heavy atom. The average molecular weight is 286 g/mol. The molecular formula is C15H24F2N2O. The topological polar surface area (TPSA) is 38.1 Å². The zero-order chi connectivity index (χ0) is 14.6. The average Bonchev–Trinajstić information content (AvgIpc) is 2.83. The smallest absolute Gasteiger partial charge is 0.248 e. The summed E-state index contributed by atoms with van der Waals surface area (Å²) in [5, 5.41) is 3.33. The molecule has 0 spiro atoms. The summed E-state index contributed by atoms with van der Waals surface area (Å²) in [7, 11) is 0. The molecule has 114 valence electrons. The Bertz CT molecular complexity index is 408. The summed E-state index contributed by atoms with van der Waals surface area (Å²) in [6.45, 7) is 6.14. The van der Waals surface area contributed by atoms with Crippen LogP contribution in [0.15, 0.2) is 10.6 Å². The Morgan fingerprint density at radius 3 is 2.75 bits per heavy atom. The predicted molar refractivity (Wildman–Crippen MR) is 74.1 cm³/mol. The van der Waals surface area contributed by atoms with Crippen LogP contribution in [-0.2, 0) is 6.42 Å². The Kier molecular flexibility index (Phi) is 5.13. The summed E-state index contributed by atoms with van der Waals surface area (Å²) >= 11 is 0. The van der Waals surface area contributed by atoms with Crippen molar-refractivity contribution in [3.63, 3.8) is 0 Å². The fourth-order valence-corrected chi connectivity index (χ4v) is 2.54. The highest BCUT2D eigenvalue weighted by Crippen LogP contribution is 2.40. The van der Waals surface area contributed by atoms with Gasteiger partial charge in [0.2, 0.25) is 5.92 Å². The van der Waals surface area contributed by atoms with Gasteiger partial charge in [-0.3, -0.25) is 0 Å². The van der Waals surface area contributed by atoms with Crippen molar-refractivity contribution < 1.29 is 13.2 Å². The van der Waals surface area contributed by atoms with Gasteiger partial charge < -0.3 is 9.73 Å². The number of halogens is 2. The molecule has 0 aromatic carbocycles. The van der Waals surface area contributed by atoms with E-state index in [4.69, 9.17) is 4.42 Å². The van der Waals surface area contributed by atoms with Crippen molar-refractivity contribution in [1.29, 1.82) is 0 Å². The van der Waals surface area contributed by atoms with Crippen LogP contribution in [-0.4, -0.2) is 24.0 Å². The molecule has 0 bridgehead atoms. The van der Waals surface area contributed by atoms with Crippen molar-refractivity contribution in [2.45, 2.75) is 57.8 Å². The second kappa shape index (κ2) is 6.66. The van der Waals surface area contributed by atoms with Crippen molar-refractivity contribution in [1.82, 2.24) is 10.3 Å². The van der Waals surface area contributed by atoms with Crippen LogP contribution in [0.3, 0.4) is 0 Å². The van der Waals surface area contributed by atoms with Gasteiger partial charge in [-0.15, -0.1) is 0 Å². The van der Waals surface area contributed by atoms with E-state index in [0.29, 0.717) is 24.7 Å². The molecule has 2 rings (SSSR count). The SMILES string of the molecule is CC(C)CNCCc1ncc(C2CCC(F)(F)CC2)o1. The Morgan fingerprint density at radius 1 is 1.40 bits per heavy atom. The maximum absolute atomic E-state index is 13.1. The number of nitrogens with one attached hydrogen (secondary N) is 1. The lowest BCUT2D eigenvalue weighted by Gasteiger charge is -2.26. The molecule has 1 aliphatic rings. The first-order valence-electron chi connectivity index (χ1n) is 7.49. The predicted octanol–water partition coefficient (Wildman–Crippen LogP) is 3.76. The van der Waals surface area contributed by atoms with Crippen LogP contribution in [0.2, 0.25) is 0 Å². The van der Waals surface area contributed by atoms with Crippen molar-refractivity contribution in [2.75, 3.05) is 13.1 Å². The third-order valence-corrected chi connectivity index (χ3v) is 3.76. The summed E-state index contributed by atoms with van der Waals surface area (Å²) in [6.07, 6.45) is 3.37. The van der Waals surface area contributed by atoms with Gasteiger partial charge in [0.1, 0.15) is 5.76 Å². The van der Waals surface area contributed by atoms with Gasteiger partial charge in [-0.25, -0.2) is 13.8 Å². The summed E-state index contributed by atoms with van der Waals surface area (Å²) in [4.78, 5) is 4.25. The van der Waals surface area contributed by atoms with Crippen LogP contribution in [0.4, 0.5) is 8.78 Å². The molecule has 3 nitrogen and oxygen atoms in total. The number of alkyl halides is 2. The van der Waals surface area contributed by atoms with E-state index >= 15 is 0 Å². The summed E-state index contributed by atoms with van der Waals surface area (Å²) in [6, 6.07) is 0. The quantitative estimate of drug-likeness (QED) is 0.809. The maximum Gasteiger partial charge on any atom is 0.248 e. The van der Waals surface area contributed by atoms with Crippen LogP contribution in [0.1, 0.15) is 57.1 Å². The molecule has 1 N–H and O–H groups in total. The van der Waals surface area contributed by atoms with Gasteiger partial charge >= 0.3 is 0 Å². The molecule has 1 aromatic rings. The lowest BCUT2D eigenvalue weighted by Crippen LogP contribution is -2.23. The lowest BCUT2D eigenvalue weighted by molar-refractivity contribution is -0.0395. The van der Waals surface area contributed by atoms with E-state index in [-0.39, 0.29) is 18.8 Å². The first kappa shape index (κ1) is 15.4. The van der Waals surface area contributed by atoms with Crippen molar-refractivity contribution in [2.24, 2.45) is 5.92 Å². The summed E-state index contributed by atoms with van der Waals surface area (Å²) < 4.78 is 31.9. The third kappa shape index (κ3) is 4.54. The van der Waals surface area contributed by atoms with Crippen LogP contribution in [0.5, 0.6) is 0 Å². The first-order valence-corrected chi connectivity index (χ1v) is 7.49. The highest BCUT2D eigenvalue weighted by molar-refractivity contribution is 5.04. The molecule has 0 aliphatic heterocycles. The molecule has 0 radical (unpaired) electrons. The minimum Gasteiger partial charge on any atom is -0.445 e. The molecule has 1 saturated carbocycles. The van der Waals surface area contributed by atoms with E-state index in [9.17, 15) is 8.78 Å². The van der Waals surface area contributed by atoms with Gasteiger partial charge in [0.25, 0.3) is 0 Å². The number of aromatic nitrogens is 1. The molecule has 1 fully saturated rings. The fraction of sp³-hybridized carbons (Fsp3) is 0.800. The number of nitrogens with zero attached hydrogens (tertiary/aromatic N) is 1. The van der Waals surface area contributed by atoms with Crippen LogP contribution in [0.25, 0.3) is 0 Å². The largest absolute Gasteiger partial charge is 0.445 e. The van der Waals surface area contributed by atoms with Crippen molar-refractivity contribution in [3.05, 3.63) is 17.8 Å². The first-order chi connectivity index (χ1) is 9.46. The zero-order valence-corrected chi connectivity index (χ0v) is 12.3. The van der Waals surface area contributed by atoms with E-state index in [1.807, 2.05) is 0 Å². The molecule has 1 aliphatic carbocycles. The van der Waals surface area contributed by atoms with Crippen LogP contribution < -0.4 is 5.32 Å². The lowest BCUT2D eigenvalue weighted by atomic mass is 9.85. The number of hydrogen-bond donors (Lipinski definition) is 1. The van der Waals surface area contributed by atoms with Crippen LogP contribution >= 0.6 is 0 Å². The molecule has 1 heterocycles. The van der Waals surface area contributed by atoms with Crippen molar-refractivity contribution in [3.8, 4) is 0 Å². The molecule has 0 atom stereocenters. The highest BCUT2D eigenvalue weighted by atomic mass is 19.3. The number of hydrogen-bond acceptors (Lipinski definition) is 3. The number of oxazole rings is 1. The molecule has 20 heavy (non-hydrogen) atoms. The minimum absolute atomic E-state index is 0.0381. The van der Waals surface area contributed by atoms with E-state index in [1.165, 1.54) is 0 Å². The van der Waals surface area contributed by atoms with Gasteiger partial charge in [-0.05, 0) is 25.3 Å². The van der Waals surface area contributed by atoms with Gasteiger partial charge in [0.05, 0.1) is 6.20 Å². The molecule has 1 aromatic heterocycles. The Labute approximate surface area is 119 Å². The van der Waals surface area contributed by atoms with Gasteiger partial charge in [0, 0.05) is 31.7 Å². The minimum atomic E-state index is -2.49. The maximum atomic E-state index is 13.1. The van der Waals surface area contributed by atoms with Crippen LogP contribution in [0, 0.1) is 5.92 Å². The third-order valence-electron chi connectivity index (χ3n) is 3.76. The molecule has 0 unspecified atom stereocenters. The molecule has 0 amide bonds. The second-order valence-electron chi connectivity index (χ2n) is 6.13. The van der Waals surface area contributed by atoms with E-state index in [1.54, 1.807) is 6.20 Å². The molecular weight excluding hydrogens is 262 g/mol. The summed E-state index contributed by atoms with van der Waals surface area (Å²) in [5.74, 6) is -0.272. The van der Waals surface area contributed by atoms with E-state index in [2.05, 4.69) is 24.1 Å². The molecule has 5 heteroatoms. The van der Waals surface area contributed by atoms with E-state index in [0.717, 1.165) is 25.3 Å². The summed E-state index contributed by atoms with van der Waals surface area (Å²) in [5.41, 5.74) is 0. The van der Waals surface area contributed by atoms with E-state index < -0.39 is 5.92 Å². The Hall–Kier alpha value is -0.970. The highest BCUT2D eigenvalue weighted by Gasteiger charge is 2.36. The van der Waals surface area contributed by atoms with Crippen molar-refractivity contribution >= 4 is 0 Å².